The van der Waals surface area contributed by atoms with Gasteiger partial charge >= 0.3 is 11.9 Å². The van der Waals surface area contributed by atoms with Crippen LogP contribution in [0.1, 0.15) is 16.8 Å². The molecule has 3 rings (SSSR count). The fourth-order valence-electron chi connectivity index (χ4n) is 3.69. The molecule has 0 aliphatic heterocycles. The number of phenolic OH excluding ortho intramolecular Hbond substituents is 1. The number of nitrogens with two attached hydrogens (primary N) is 1. The molecule has 0 unspecified atom stereocenters. The van der Waals surface area contributed by atoms with Crippen LogP contribution < -0.4 is 11.1 Å². The molecule has 1 aromatic carbocycles. The zero-order valence-electron chi connectivity index (χ0n) is 12.0. The first-order valence-corrected chi connectivity index (χ1v) is 7.10. The van der Waals surface area contributed by atoms with Crippen LogP contribution in [0.5, 0.6) is 5.75 Å². The van der Waals surface area contributed by atoms with Crippen molar-refractivity contribution in [1.82, 2.24) is 5.32 Å². The number of rotatable bonds is 4. The minimum atomic E-state index is -1.64. The highest BCUT2D eigenvalue weighted by atomic mass is 16.4. The minimum Gasteiger partial charge on any atom is -0.508 e. The van der Waals surface area contributed by atoms with Gasteiger partial charge in [0.15, 0.2) is 0 Å². The number of carboxylic acids is 2. The largest absolute Gasteiger partial charge is 0.508 e. The third-order valence-corrected chi connectivity index (χ3v) is 4.82. The van der Waals surface area contributed by atoms with Gasteiger partial charge < -0.3 is 26.4 Å². The molecule has 2 aliphatic carbocycles. The number of carboxylic acid groups (broad SMARTS) is 2. The lowest BCUT2D eigenvalue weighted by atomic mass is 9.90. The second kappa shape index (κ2) is 4.95. The molecule has 1 amide bonds. The van der Waals surface area contributed by atoms with Crippen LogP contribution in [-0.4, -0.2) is 44.7 Å². The molecule has 2 fully saturated rings. The molecular weight excluding hydrogens is 304 g/mol. The van der Waals surface area contributed by atoms with E-state index in [1.54, 1.807) is 0 Å². The van der Waals surface area contributed by atoms with Crippen molar-refractivity contribution in [2.24, 2.45) is 23.5 Å². The van der Waals surface area contributed by atoms with Crippen LogP contribution in [0, 0.1) is 17.8 Å². The van der Waals surface area contributed by atoms with Gasteiger partial charge in [-0.3, -0.25) is 14.4 Å². The summed E-state index contributed by atoms with van der Waals surface area (Å²) >= 11 is 0. The third-order valence-electron chi connectivity index (χ3n) is 4.82. The Labute approximate surface area is 130 Å². The Hall–Kier alpha value is -2.61. The topological polar surface area (TPSA) is 150 Å². The summed E-state index contributed by atoms with van der Waals surface area (Å²) in [6, 6.07) is 4.95. The quantitative estimate of drug-likeness (QED) is 0.507. The molecule has 23 heavy (non-hydrogen) atoms. The maximum atomic E-state index is 12.2. The Morgan fingerprint density at radius 1 is 1.17 bits per heavy atom. The van der Waals surface area contributed by atoms with Crippen LogP contribution in [0.15, 0.2) is 24.3 Å². The smallest absolute Gasteiger partial charge is 0.324 e. The molecule has 0 heterocycles. The van der Waals surface area contributed by atoms with Gasteiger partial charge in [-0.25, -0.2) is 0 Å². The van der Waals surface area contributed by atoms with E-state index in [2.05, 4.69) is 5.32 Å². The molecule has 0 radical (unpaired) electrons. The molecule has 1 aromatic rings. The van der Waals surface area contributed by atoms with Crippen LogP contribution in [0.2, 0.25) is 0 Å². The Morgan fingerprint density at radius 2 is 1.78 bits per heavy atom. The summed E-state index contributed by atoms with van der Waals surface area (Å²) < 4.78 is 0. The normalized spacial score (nSPS) is 34.5. The standard InChI is InChI=1S/C15H16N2O6/c16-15(14(22)23)5-8(9-10(11(9)15)13(20)21)17-12(19)6-1-3-7(18)4-2-6/h1-4,8-11,18H,5,16H2,(H,17,19)(H,20,21)(H,22,23)/t8-,9-,10-,11-,15-/m0/s1. The predicted molar refractivity (Wildman–Crippen MR) is 76.6 cm³/mol. The second-order valence-electron chi connectivity index (χ2n) is 6.14. The van der Waals surface area contributed by atoms with Crippen molar-refractivity contribution in [1.29, 1.82) is 0 Å². The molecule has 6 N–H and O–H groups in total. The Morgan fingerprint density at radius 3 is 2.30 bits per heavy atom. The zero-order valence-corrected chi connectivity index (χ0v) is 12.0. The molecule has 8 heteroatoms. The van der Waals surface area contributed by atoms with Gasteiger partial charge in [-0.05, 0) is 36.6 Å². The predicted octanol–water partition coefficient (Wildman–Crippen LogP) is -0.377. The molecule has 2 aliphatic rings. The van der Waals surface area contributed by atoms with Gasteiger partial charge in [-0.2, -0.15) is 0 Å². The summed E-state index contributed by atoms with van der Waals surface area (Å²) in [7, 11) is 0. The van der Waals surface area contributed by atoms with Crippen LogP contribution in [0.25, 0.3) is 0 Å². The SMILES string of the molecule is N[C@@]1(C(=O)O)C[C@H](NC(=O)c2ccc(O)cc2)[C@H]2[C@H](C(=O)O)[C@H]21. The van der Waals surface area contributed by atoms with Gasteiger partial charge in [0.05, 0.1) is 5.92 Å². The highest BCUT2D eigenvalue weighted by Crippen LogP contribution is 2.61. The first-order chi connectivity index (χ1) is 10.8. The number of phenols is 1. The summed E-state index contributed by atoms with van der Waals surface area (Å²) in [6.07, 6.45) is -0.00866. The summed E-state index contributed by atoms with van der Waals surface area (Å²) in [5.41, 5.74) is 4.54. The van der Waals surface area contributed by atoms with E-state index in [0.717, 1.165) is 0 Å². The number of amides is 1. The van der Waals surface area contributed by atoms with Crippen LogP contribution in [0.4, 0.5) is 0 Å². The molecule has 2 saturated carbocycles. The van der Waals surface area contributed by atoms with Crippen molar-refractivity contribution in [2.75, 3.05) is 0 Å². The van der Waals surface area contributed by atoms with Crippen LogP contribution in [0.3, 0.4) is 0 Å². The van der Waals surface area contributed by atoms with Crippen molar-refractivity contribution in [3.8, 4) is 5.75 Å². The lowest BCUT2D eigenvalue weighted by Crippen LogP contribution is -2.52. The number of carbonyl (C=O) groups is 3. The lowest BCUT2D eigenvalue weighted by Gasteiger charge is -2.25. The zero-order chi connectivity index (χ0) is 16.9. The average molecular weight is 320 g/mol. The van der Waals surface area contributed by atoms with Crippen molar-refractivity contribution >= 4 is 17.8 Å². The number of aliphatic carboxylic acids is 2. The number of aromatic hydroxyl groups is 1. The monoisotopic (exact) mass is 320 g/mol. The number of nitrogens with one attached hydrogen (secondary N) is 1. The molecule has 122 valence electrons. The number of hydrogen-bond acceptors (Lipinski definition) is 5. The maximum absolute atomic E-state index is 12.2. The average Bonchev–Trinajstić information content (AvgIpc) is 3.16. The van der Waals surface area contributed by atoms with E-state index < -0.39 is 47.2 Å². The van der Waals surface area contributed by atoms with Crippen molar-refractivity contribution in [3.63, 3.8) is 0 Å². The third kappa shape index (κ3) is 2.31. The molecule has 0 saturated heterocycles. The van der Waals surface area contributed by atoms with Gasteiger partial charge in [0, 0.05) is 17.5 Å². The molecule has 0 bridgehead atoms. The summed E-state index contributed by atoms with van der Waals surface area (Å²) in [4.78, 5) is 34.8. The first kappa shape index (κ1) is 15.3. The number of hydrogen-bond donors (Lipinski definition) is 5. The van der Waals surface area contributed by atoms with Crippen molar-refractivity contribution in [3.05, 3.63) is 29.8 Å². The fraction of sp³-hybridized carbons (Fsp3) is 0.400. The van der Waals surface area contributed by atoms with Gasteiger partial charge in [0.2, 0.25) is 0 Å². The van der Waals surface area contributed by atoms with Crippen LogP contribution >= 0.6 is 0 Å². The highest BCUT2D eigenvalue weighted by molar-refractivity contribution is 5.95. The lowest BCUT2D eigenvalue weighted by molar-refractivity contribution is -0.145. The molecular formula is C15H16N2O6. The van der Waals surface area contributed by atoms with Gasteiger partial charge in [-0.1, -0.05) is 0 Å². The molecule has 5 atom stereocenters. The van der Waals surface area contributed by atoms with E-state index in [0.29, 0.717) is 0 Å². The number of carbonyl (C=O) groups excluding carboxylic acids is 1. The summed E-state index contributed by atoms with van der Waals surface area (Å²) in [5.74, 6) is -4.80. The highest BCUT2D eigenvalue weighted by Gasteiger charge is 2.74. The van der Waals surface area contributed by atoms with E-state index in [1.807, 2.05) is 0 Å². The van der Waals surface area contributed by atoms with E-state index in [4.69, 9.17) is 5.73 Å². The number of fused-ring (bicyclic) bond motifs is 1. The second-order valence-corrected chi connectivity index (χ2v) is 6.14. The molecule has 0 aromatic heterocycles. The Bertz CT molecular complexity index is 688. The van der Waals surface area contributed by atoms with E-state index >= 15 is 0 Å². The fourth-order valence-corrected chi connectivity index (χ4v) is 3.69. The molecule has 8 nitrogen and oxygen atoms in total. The minimum absolute atomic E-state index is 0.00866. The summed E-state index contributed by atoms with van der Waals surface area (Å²) in [5, 5.41) is 30.4. The summed E-state index contributed by atoms with van der Waals surface area (Å²) in [6.45, 7) is 0. The molecule has 0 spiro atoms. The first-order valence-electron chi connectivity index (χ1n) is 7.10. The van der Waals surface area contributed by atoms with Gasteiger partial charge in [-0.15, -0.1) is 0 Å². The van der Waals surface area contributed by atoms with Gasteiger partial charge in [0.1, 0.15) is 11.3 Å². The van der Waals surface area contributed by atoms with Gasteiger partial charge in [0.25, 0.3) is 5.91 Å². The van der Waals surface area contributed by atoms with Crippen molar-refractivity contribution < 1.29 is 29.7 Å². The van der Waals surface area contributed by atoms with E-state index in [-0.39, 0.29) is 17.7 Å². The van der Waals surface area contributed by atoms with Crippen molar-refractivity contribution in [2.45, 2.75) is 18.0 Å². The maximum Gasteiger partial charge on any atom is 0.324 e. The number of benzene rings is 1. The van der Waals surface area contributed by atoms with E-state index in [1.165, 1.54) is 24.3 Å². The van der Waals surface area contributed by atoms with Crippen LogP contribution in [-0.2, 0) is 9.59 Å². The Balaban J connectivity index is 1.78. The van der Waals surface area contributed by atoms with E-state index in [9.17, 15) is 29.7 Å². The Kier molecular flexibility index (Phi) is 3.29.